The van der Waals surface area contributed by atoms with E-state index in [2.05, 4.69) is 0 Å². The molecule has 0 radical (unpaired) electrons. The lowest BCUT2D eigenvalue weighted by Gasteiger charge is -2.20. The summed E-state index contributed by atoms with van der Waals surface area (Å²) >= 11 is 0. The summed E-state index contributed by atoms with van der Waals surface area (Å²) in [6.07, 6.45) is -0.505. The molecule has 0 bridgehead atoms. The third-order valence-electron chi connectivity index (χ3n) is 3.84. The summed E-state index contributed by atoms with van der Waals surface area (Å²) < 4.78 is 12.7. The number of benzene rings is 2. The van der Waals surface area contributed by atoms with E-state index in [9.17, 15) is 9.82 Å². The molecule has 0 fully saturated rings. The van der Waals surface area contributed by atoms with Crippen LogP contribution >= 0.6 is 0 Å². The Morgan fingerprint density at radius 2 is 1.85 bits per heavy atom. The Morgan fingerprint density at radius 1 is 1.12 bits per heavy atom. The van der Waals surface area contributed by atoms with Gasteiger partial charge in [0.15, 0.2) is 0 Å². The van der Waals surface area contributed by atoms with Gasteiger partial charge in [-0.15, -0.1) is 0 Å². The quantitative estimate of drug-likeness (QED) is 0.734. The summed E-state index contributed by atoms with van der Waals surface area (Å²) in [5, 5.41) is 10.4. The van der Waals surface area contributed by atoms with E-state index in [1.165, 1.54) is 4.57 Å². The molecule has 0 aliphatic rings. The van der Waals surface area contributed by atoms with Crippen molar-refractivity contribution in [1.82, 2.24) is 4.57 Å². The second kappa shape index (κ2) is 7.26. The topological polar surface area (TPSA) is 60.7 Å². The first-order valence-electron chi connectivity index (χ1n) is 8.53. The molecule has 0 saturated heterocycles. The predicted molar refractivity (Wildman–Crippen MR) is 103 cm³/mol. The van der Waals surface area contributed by atoms with Crippen LogP contribution in [-0.2, 0) is 11.3 Å². The van der Waals surface area contributed by atoms with Crippen LogP contribution in [0.1, 0.15) is 26.3 Å². The van der Waals surface area contributed by atoms with Crippen molar-refractivity contribution in [2.75, 3.05) is 0 Å². The Kier molecular flexibility index (Phi) is 5.05. The highest BCUT2D eigenvalue weighted by atomic mass is 16.6. The van der Waals surface area contributed by atoms with E-state index in [0.29, 0.717) is 23.5 Å². The molecular weight excluding hydrogens is 329 g/mol. The Morgan fingerprint density at radius 3 is 2.50 bits per heavy atom. The summed E-state index contributed by atoms with van der Waals surface area (Å²) in [6.45, 7) is 5.90. The van der Waals surface area contributed by atoms with Crippen LogP contribution in [0.3, 0.4) is 0 Å². The minimum atomic E-state index is -0.612. The fourth-order valence-electron chi connectivity index (χ4n) is 2.72. The lowest BCUT2D eigenvalue weighted by molar-refractivity contribution is 0.0549. The SMILES string of the molecule is CC(C)(C)OC(=O)n1c(BO)cc2cc(OCc3ccccc3)ccc21. The molecule has 2 aromatic carbocycles. The van der Waals surface area contributed by atoms with E-state index < -0.39 is 11.7 Å². The van der Waals surface area contributed by atoms with E-state index in [1.54, 1.807) is 12.1 Å². The van der Waals surface area contributed by atoms with Crippen molar-refractivity contribution in [2.24, 2.45) is 0 Å². The van der Waals surface area contributed by atoms with Crippen LogP contribution in [0.5, 0.6) is 5.75 Å². The highest BCUT2D eigenvalue weighted by Crippen LogP contribution is 2.23. The highest BCUT2D eigenvalue weighted by Gasteiger charge is 2.22. The number of rotatable bonds is 4. The molecule has 0 saturated carbocycles. The molecule has 0 spiro atoms. The third kappa shape index (κ3) is 4.08. The number of carbonyl (C=O) groups is 1. The van der Waals surface area contributed by atoms with Gasteiger partial charge in [-0.25, -0.2) is 4.79 Å². The maximum atomic E-state index is 12.5. The highest BCUT2D eigenvalue weighted by molar-refractivity contribution is 6.46. The minimum Gasteiger partial charge on any atom is -0.489 e. The van der Waals surface area contributed by atoms with E-state index >= 15 is 0 Å². The van der Waals surface area contributed by atoms with Crippen LogP contribution in [0.25, 0.3) is 10.9 Å². The number of ether oxygens (including phenoxy) is 2. The molecule has 3 aromatic rings. The van der Waals surface area contributed by atoms with E-state index in [4.69, 9.17) is 9.47 Å². The summed E-state index contributed by atoms with van der Waals surface area (Å²) in [4.78, 5) is 12.5. The van der Waals surface area contributed by atoms with Crippen molar-refractivity contribution in [2.45, 2.75) is 33.0 Å². The van der Waals surface area contributed by atoms with Gasteiger partial charge < -0.3 is 14.5 Å². The second-order valence-corrected chi connectivity index (χ2v) is 7.10. The summed E-state index contributed by atoms with van der Waals surface area (Å²) in [5.74, 6) is 0.701. The van der Waals surface area contributed by atoms with Crippen molar-refractivity contribution in [3.63, 3.8) is 0 Å². The number of hydrogen-bond donors (Lipinski definition) is 1. The standard InChI is InChI=1S/C20H22BNO4/c1-20(2,3)26-19(23)22-17-10-9-16(11-15(17)12-18(22)21-24)25-13-14-7-5-4-6-8-14/h4-12,21,24H,13H2,1-3H3. The summed E-state index contributed by atoms with van der Waals surface area (Å²) in [5.41, 5.74) is 1.62. The van der Waals surface area contributed by atoms with Gasteiger partial charge in [0.25, 0.3) is 0 Å². The Bertz CT molecular complexity index is 913. The maximum Gasteiger partial charge on any atom is 0.418 e. The van der Waals surface area contributed by atoms with Crippen LogP contribution in [0.4, 0.5) is 4.79 Å². The van der Waals surface area contributed by atoms with Crippen molar-refractivity contribution in [1.29, 1.82) is 0 Å². The number of fused-ring (bicyclic) bond motifs is 1. The van der Waals surface area contributed by atoms with Crippen LogP contribution < -0.4 is 10.3 Å². The number of hydrogen-bond acceptors (Lipinski definition) is 4. The van der Waals surface area contributed by atoms with Gasteiger partial charge in [0, 0.05) is 11.0 Å². The van der Waals surface area contributed by atoms with Crippen molar-refractivity contribution < 1.29 is 19.3 Å². The minimum absolute atomic E-state index is 0.256. The maximum absolute atomic E-state index is 12.5. The molecule has 0 aliphatic heterocycles. The van der Waals surface area contributed by atoms with Gasteiger partial charge in [-0.1, -0.05) is 30.3 Å². The van der Waals surface area contributed by atoms with Crippen molar-refractivity contribution >= 4 is 30.1 Å². The fraction of sp³-hybridized carbons (Fsp3) is 0.250. The van der Waals surface area contributed by atoms with Crippen LogP contribution in [-0.4, -0.2) is 28.8 Å². The zero-order valence-electron chi connectivity index (χ0n) is 15.2. The zero-order valence-corrected chi connectivity index (χ0v) is 15.2. The zero-order chi connectivity index (χ0) is 18.7. The van der Waals surface area contributed by atoms with Gasteiger partial charge in [0.2, 0.25) is 0 Å². The first-order chi connectivity index (χ1) is 12.4. The van der Waals surface area contributed by atoms with Gasteiger partial charge in [-0.3, -0.25) is 4.57 Å². The van der Waals surface area contributed by atoms with Gasteiger partial charge in [-0.2, -0.15) is 0 Å². The van der Waals surface area contributed by atoms with E-state index in [0.717, 1.165) is 10.9 Å². The number of aromatic nitrogens is 1. The van der Waals surface area contributed by atoms with Crippen LogP contribution in [0.15, 0.2) is 54.6 Å². The van der Waals surface area contributed by atoms with E-state index in [1.807, 2.05) is 63.2 Å². The number of carbonyl (C=O) groups excluding carboxylic acids is 1. The van der Waals surface area contributed by atoms with Crippen LogP contribution in [0.2, 0.25) is 0 Å². The average Bonchev–Trinajstić information content (AvgIpc) is 2.97. The predicted octanol–water partition coefficient (Wildman–Crippen LogP) is 2.97. The van der Waals surface area contributed by atoms with Crippen molar-refractivity contribution in [3.8, 4) is 5.75 Å². The Hall–Kier alpha value is -2.73. The molecule has 0 unspecified atom stereocenters. The van der Waals surface area contributed by atoms with Gasteiger partial charge in [0.1, 0.15) is 18.0 Å². The molecule has 26 heavy (non-hydrogen) atoms. The van der Waals surface area contributed by atoms with Gasteiger partial charge in [-0.05, 0) is 50.6 Å². The average molecular weight is 351 g/mol. The molecule has 0 amide bonds. The smallest absolute Gasteiger partial charge is 0.418 e. The van der Waals surface area contributed by atoms with E-state index in [-0.39, 0.29) is 7.48 Å². The number of nitrogens with zero attached hydrogens (tertiary/aromatic N) is 1. The monoisotopic (exact) mass is 351 g/mol. The molecule has 0 aliphatic carbocycles. The first-order valence-corrected chi connectivity index (χ1v) is 8.53. The normalized spacial score (nSPS) is 11.4. The first kappa shape index (κ1) is 18.1. The molecule has 0 atom stereocenters. The molecule has 5 nitrogen and oxygen atoms in total. The summed E-state index contributed by atoms with van der Waals surface area (Å²) in [6, 6.07) is 17.2. The lowest BCUT2D eigenvalue weighted by atomic mass is 9.96. The largest absolute Gasteiger partial charge is 0.489 e. The molecule has 1 heterocycles. The van der Waals surface area contributed by atoms with Crippen LogP contribution in [0, 0.1) is 0 Å². The molecule has 134 valence electrons. The summed E-state index contributed by atoms with van der Waals surface area (Å²) in [7, 11) is -0.256. The third-order valence-corrected chi connectivity index (χ3v) is 3.84. The molecule has 6 heteroatoms. The van der Waals surface area contributed by atoms with Gasteiger partial charge in [0.05, 0.1) is 5.52 Å². The molecule has 1 N–H and O–H groups in total. The molecule has 3 rings (SSSR count). The Balaban J connectivity index is 1.87. The van der Waals surface area contributed by atoms with Gasteiger partial charge >= 0.3 is 13.6 Å². The fourth-order valence-corrected chi connectivity index (χ4v) is 2.72. The molecular formula is C20H22BNO4. The lowest BCUT2D eigenvalue weighted by Crippen LogP contribution is -2.34. The Labute approximate surface area is 153 Å². The molecule has 1 aromatic heterocycles. The second-order valence-electron chi connectivity index (χ2n) is 7.10. The van der Waals surface area contributed by atoms with Crippen molar-refractivity contribution in [3.05, 3.63) is 60.2 Å².